The average molecular weight is 149 g/mol. The average Bonchev–Trinajstić information content (AvgIpc) is 2.15. The van der Waals surface area contributed by atoms with Crippen LogP contribution < -0.4 is 0 Å². The van der Waals surface area contributed by atoms with Crippen LogP contribution in [0.3, 0.4) is 0 Å². The summed E-state index contributed by atoms with van der Waals surface area (Å²) >= 11 is 3.96. The van der Waals surface area contributed by atoms with Crippen molar-refractivity contribution in [1.29, 1.82) is 0 Å². The highest BCUT2D eigenvalue weighted by Gasteiger charge is 2.33. The molecular weight excluding hydrogens is 140 g/mol. The highest BCUT2D eigenvalue weighted by molar-refractivity contribution is 7.81. The molecule has 1 radical (unpaired) electrons. The van der Waals surface area contributed by atoms with Crippen molar-refractivity contribution in [3.8, 4) is 0 Å². The molecule has 2 N–H and O–H groups in total. The third-order valence-electron chi connectivity index (χ3n) is 1.30. The Kier molecular flexibility index (Phi) is 2.35. The van der Waals surface area contributed by atoms with Crippen LogP contribution in [0.4, 0.5) is 0 Å². The monoisotopic (exact) mass is 149 g/mol. The lowest BCUT2D eigenvalue weighted by molar-refractivity contribution is 0.0175. The molecule has 3 atom stereocenters. The maximum absolute atomic E-state index is 9.06. The number of aliphatic hydroxyl groups is 2. The molecule has 0 aliphatic carbocycles. The van der Waals surface area contributed by atoms with Gasteiger partial charge in [0.1, 0.15) is 6.10 Å². The van der Waals surface area contributed by atoms with Crippen molar-refractivity contribution in [2.75, 3.05) is 6.61 Å². The van der Waals surface area contributed by atoms with Gasteiger partial charge in [0, 0.05) is 0 Å². The topological polar surface area (TPSA) is 49.7 Å². The molecule has 0 amide bonds. The van der Waals surface area contributed by atoms with Gasteiger partial charge in [-0.25, -0.2) is 0 Å². The van der Waals surface area contributed by atoms with Crippen LogP contribution in [-0.2, 0) is 4.74 Å². The molecule has 9 heavy (non-hydrogen) atoms. The van der Waals surface area contributed by atoms with Crippen molar-refractivity contribution in [1.82, 2.24) is 0 Å². The van der Waals surface area contributed by atoms with Gasteiger partial charge in [0.25, 0.3) is 0 Å². The zero-order valence-electron chi connectivity index (χ0n) is 4.77. The lowest BCUT2D eigenvalue weighted by atomic mass is 10.2. The number of ether oxygens (including phenoxy) is 1. The van der Waals surface area contributed by atoms with Crippen molar-refractivity contribution < 1.29 is 14.9 Å². The normalized spacial score (nSPS) is 43.7. The summed E-state index contributed by atoms with van der Waals surface area (Å²) in [5.74, 6) is 0. The molecule has 0 spiro atoms. The van der Waals surface area contributed by atoms with Gasteiger partial charge in [0.05, 0.1) is 24.6 Å². The van der Waals surface area contributed by atoms with E-state index in [4.69, 9.17) is 14.9 Å². The molecule has 0 aromatic carbocycles. The first-order valence-electron chi connectivity index (χ1n) is 2.71. The molecule has 1 aliphatic rings. The number of hydrogen-bond acceptors (Lipinski definition) is 4. The van der Waals surface area contributed by atoms with E-state index in [1.807, 2.05) is 0 Å². The van der Waals surface area contributed by atoms with Crippen LogP contribution in [0.15, 0.2) is 0 Å². The third-order valence-corrected chi connectivity index (χ3v) is 1.73. The molecule has 53 valence electrons. The number of thiol groups is 1. The summed E-state index contributed by atoms with van der Waals surface area (Å²) in [6.45, 7) is 1.27. The van der Waals surface area contributed by atoms with Crippen LogP contribution in [0.1, 0.15) is 0 Å². The first-order valence-corrected chi connectivity index (χ1v) is 3.23. The lowest BCUT2D eigenvalue weighted by Gasteiger charge is -2.10. The van der Waals surface area contributed by atoms with Gasteiger partial charge >= 0.3 is 0 Å². The van der Waals surface area contributed by atoms with Crippen molar-refractivity contribution in [3.05, 3.63) is 6.61 Å². The van der Waals surface area contributed by atoms with Gasteiger partial charge in [-0.05, 0) is 0 Å². The van der Waals surface area contributed by atoms with Gasteiger partial charge in [0.2, 0.25) is 0 Å². The number of rotatable bonds is 1. The van der Waals surface area contributed by atoms with Gasteiger partial charge < -0.3 is 14.9 Å². The number of hydrogen-bond donors (Lipinski definition) is 3. The highest BCUT2D eigenvalue weighted by Crippen LogP contribution is 2.21. The molecule has 0 unspecified atom stereocenters. The predicted octanol–water partition coefficient (Wildman–Crippen LogP) is -0.801. The van der Waals surface area contributed by atoms with Crippen LogP contribution >= 0.6 is 12.6 Å². The molecule has 3 nitrogen and oxygen atoms in total. The molecule has 0 aromatic rings. The van der Waals surface area contributed by atoms with Crippen molar-refractivity contribution in [2.45, 2.75) is 17.5 Å². The molecule has 1 aliphatic heterocycles. The third kappa shape index (κ3) is 1.38. The zero-order chi connectivity index (χ0) is 6.85. The van der Waals surface area contributed by atoms with Crippen molar-refractivity contribution >= 4 is 12.6 Å². The second-order valence-electron chi connectivity index (χ2n) is 1.97. The fourth-order valence-electron chi connectivity index (χ4n) is 0.713. The Hall–Kier alpha value is 0.230. The zero-order valence-corrected chi connectivity index (χ0v) is 5.66. The van der Waals surface area contributed by atoms with Gasteiger partial charge in [-0.1, -0.05) is 0 Å². The Morgan fingerprint density at radius 1 is 1.67 bits per heavy atom. The molecule has 4 heteroatoms. The Balaban J connectivity index is 2.41. The van der Waals surface area contributed by atoms with E-state index in [0.29, 0.717) is 0 Å². The molecule has 1 fully saturated rings. The second-order valence-corrected chi connectivity index (χ2v) is 2.57. The van der Waals surface area contributed by atoms with Crippen molar-refractivity contribution in [2.24, 2.45) is 0 Å². The summed E-state index contributed by atoms with van der Waals surface area (Å²) in [5, 5.41) is 17.3. The Labute approximate surface area is 59.1 Å². The summed E-state index contributed by atoms with van der Waals surface area (Å²) in [6, 6.07) is 0. The van der Waals surface area contributed by atoms with Gasteiger partial charge in [-0.2, -0.15) is 12.6 Å². The smallest absolute Gasteiger partial charge is 0.108 e. The highest BCUT2D eigenvalue weighted by atomic mass is 32.1. The SMILES string of the molecule is OC[C@H]1O[CH][C@@H](S)[C@@H]1O. The maximum Gasteiger partial charge on any atom is 0.108 e. The van der Waals surface area contributed by atoms with Crippen LogP contribution in [0.2, 0.25) is 0 Å². The summed E-state index contributed by atoms with van der Waals surface area (Å²) in [5.41, 5.74) is 0. The van der Waals surface area contributed by atoms with E-state index in [9.17, 15) is 0 Å². The Bertz CT molecular complexity index is 98.2. The van der Waals surface area contributed by atoms with Crippen LogP contribution in [0.25, 0.3) is 0 Å². The van der Waals surface area contributed by atoms with Gasteiger partial charge in [-0.15, -0.1) is 0 Å². The molecule has 1 rings (SSSR count). The minimum atomic E-state index is -0.668. The van der Waals surface area contributed by atoms with E-state index in [1.165, 1.54) is 6.61 Å². The summed E-state index contributed by atoms with van der Waals surface area (Å²) in [7, 11) is 0. The largest absolute Gasteiger partial charge is 0.394 e. The molecular formula is C5H9O3S. The first-order chi connectivity index (χ1) is 4.25. The fraction of sp³-hybridized carbons (Fsp3) is 0.800. The first kappa shape index (κ1) is 7.34. The molecule has 0 saturated carbocycles. The number of aliphatic hydroxyl groups excluding tert-OH is 2. The quantitative estimate of drug-likeness (QED) is 0.428. The van der Waals surface area contributed by atoms with Gasteiger partial charge in [-0.3, -0.25) is 0 Å². The van der Waals surface area contributed by atoms with E-state index in [1.54, 1.807) is 0 Å². The minimum absolute atomic E-state index is 0.158. The van der Waals surface area contributed by atoms with E-state index >= 15 is 0 Å². The maximum atomic E-state index is 9.06. The molecule has 0 bridgehead atoms. The molecule has 1 saturated heterocycles. The van der Waals surface area contributed by atoms with Crippen molar-refractivity contribution in [3.63, 3.8) is 0 Å². The van der Waals surface area contributed by atoms with E-state index in [0.717, 1.165) is 0 Å². The van der Waals surface area contributed by atoms with E-state index in [2.05, 4.69) is 12.6 Å². The van der Waals surface area contributed by atoms with E-state index in [-0.39, 0.29) is 11.9 Å². The molecule has 1 heterocycles. The van der Waals surface area contributed by atoms with Crippen LogP contribution in [0, 0.1) is 6.61 Å². The summed E-state index contributed by atoms with van der Waals surface area (Å²) < 4.78 is 4.83. The summed E-state index contributed by atoms with van der Waals surface area (Å²) in [6.07, 6.45) is -1.15. The van der Waals surface area contributed by atoms with Crippen LogP contribution in [-0.4, -0.2) is 34.3 Å². The summed E-state index contributed by atoms with van der Waals surface area (Å²) in [4.78, 5) is 0. The Morgan fingerprint density at radius 3 is 2.56 bits per heavy atom. The molecule has 0 aromatic heterocycles. The minimum Gasteiger partial charge on any atom is -0.394 e. The van der Waals surface area contributed by atoms with E-state index < -0.39 is 12.2 Å². The van der Waals surface area contributed by atoms with Crippen LogP contribution in [0.5, 0.6) is 0 Å². The van der Waals surface area contributed by atoms with Gasteiger partial charge in [0.15, 0.2) is 0 Å². The predicted molar refractivity (Wildman–Crippen MR) is 35.0 cm³/mol. The lowest BCUT2D eigenvalue weighted by Crippen LogP contribution is -2.29. The fourth-order valence-corrected chi connectivity index (χ4v) is 0.976. The Morgan fingerprint density at radius 2 is 2.33 bits per heavy atom. The second kappa shape index (κ2) is 2.88. The standard InChI is InChI=1S/C5H9O3S/c6-1-3-5(7)4(9)2-8-3/h2-7,9H,1H2/t3-,4-,5-/m1/s1.